The van der Waals surface area contributed by atoms with Crippen LogP contribution in [0.15, 0.2) is 34.1 Å². The van der Waals surface area contributed by atoms with E-state index in [2.05, 4.69) is 26.0 Å². The first kappa shape index (κ1) is 15.7. The summed E-state index contributed by atoms with van der Waals surface area (Å²) in [5, 5.41) is 3.69. The zero-order valence-corrected chi connectivity index (χ0v) is 13.5. The molecule has 7 heteroatoms. The van der Waals surface area contributed by atoms with Crippen LogP contribution in [0.4, 0.5) is 8.78 Å². The molecule has 1 heterocycles. The number of halogens is 4. The van der Waals surface area contributed by atoms with Gasteiger partial charge in [0.05, 0.1) is 14.9 Å². The molecule has 2 rings (SSSR count). The van der Waals surface area contributed by atoms with E-state index in [1.165, 1.54) is 17.4 Å². The summed E-state index contributed by atoms with van der Waals surface area (Å²) in [6, 6.07) is 8.25. The highest BCUT2D eigenvalue weighted by Gasteiger charge is 2.21. The van der Waals surface area contributed by atoms with Gasteiger partial charge in [-0.2, -0.15) is 8.78 Å². The molecule has 0 radical (unpaired) electrons. The minimum Gasteiger partial charge on any atom is -0.434 e. The van der Waals surface area contributed by atoms with E-state index in [0.717, 1.165) is 8.66 Å². The van der Waals surface area contributed by atoms with Gasteiger partial charge >= 0.3 is 6.61 Å². The molecule has 0 saturated carbocycles. The van der Waals surface area contributed by atoms with Crippen molar-refractivity contribution in [3.05, 3.63) is 49.6 Å². The number of ether oxygens (including phenoxy) is 1. The first-order chi connectivity index (χ1) is 9.52. The molecule has 0 amide bonds. The molecule has 0 aliphatic carbocycles. The molecule has 0 saturated heterocycles. The first-order valence-corrected chi connectivity index (χ1v) is 7.67. The second-order valence-electron chi connectivity index (χ2n) is 3.91. The van der Waals surface area contributed by atoms with Crippen molar-refractivity contribution >= 4 is 38.9 Å². The van der Waals surface area contributed by atoms with Gasteiger partial charge in [0.2, 0.25) is 0 Å². The zero-order chi connectivity index (χ0) is 14.7. The topological polar surface area (TPSA) is 21.3 Å². The summed E-state index contributed by atoms with van der Waals surface area (Å²) in [5.74, 6) is 0.155. The zero-order valence-electron chi connectivity index (χ0n) is 10.4. The van der Waals surface area contributed by atoms with Crippen LogP contribution < -0.4 is 10.1 Å². The van der Waals surface area contributed by atoms with Crippen molar-refractivity contribution in [1.82, 2.24) is 5.32 Å². The average Bonchev–Trinajstić information content (AvgIpc) is 2.72. The third-order valence-electron chi connectivity index (χ3n) is 2.68. The molecule has 0 spiro atoms. The number of para-hydroxylation sites is 1. The largest absolute Gasteiger partial charge is 0.434 e. The van der Waals surface area contributed by atoms with Crippen molar-refractivity contribution in [2.75, 3.05) is 7.05 Å². The lowest BCUT2D eigenvalue weighted by atomic mass is 10.0. The Kier molecular flexibility index (Phi) is 5.37. The van der Waals surface area contributed by atoms with E-state index in [1.54, 1.807) is 31.3 Å². The normalized spacial score (nSPS) is 12.7. The third-order valence-corrected chi connectivity index (χ3v) is 5.22. The number of hydrogen-bond acceptors (Lipinski definition) is 3. The predicted molar refractivity (Wildman–Crippen MR) is 81.0 cm³/mol. The van der Waals surface area contributed by atoms with Gasteiger partial charge in [-0.05, 0) is 35.1 Å². The van der Waals surface area contributed by atoms with Gasteiger partial charge in [-0.3, -0.25) is 0 Å². The van der Waals surface area contributed by atoms with Gasteiger partial charge in [0.25, 0.3) is 0 Å². The molecule has 1 N–H and O–H groups in total. The molecule has 1 aromatic heterocycles. The Balaban J connectivity index is 2.41. The molecule has 20 heavy (non-hydrogen) atoms. The standard InChI is InChI=1S/C13H11BrClF2NOS/c1-18-11(10-6-8(15)12(14)20-10)7-4-2-3-5-9(7)19-13(16)17/h2-6,11,13,18H,1H3. The highest BCUT2D eigenvalue weighted by atomic mass is 79.9. The molecule has 1 aromatic carbocycles. The Bertz CT molecular complexity index is 574. The summed E-state index contributed by atoms with van der Waals surface area (Å²) in [5.41, 5.74) is 0.640. The maximum Gasteiger partial charge on any atom is 0.387 e. The van der Waals surface area contributed by atoms with Gasteiger partial charge in [-0.15, -0.1) is 11.3 Å². The smallest absolute Gasteiger partial charge is 0.387 e. The van der Waals surface area contributed by atoms with Crippen LogP contribution >= 0.6 is 38.9 Å². The summed E-state index contributed by atoms with van der Waals surface area (Å²) < 4.78 is 30.3. The Morgan fingerprint density at radius 1 is 1.35 bits per heavy atom. The van der Waals surface area contributed by atoms with E-state index in [0.29, 0.717) is 10.6 Å². The van der Waals surface area contributed by atoms with Crippen molar-refractivity contribution in [2.45, 2.75) is 12.7 Å². The summed E-state index contributed by atoms with van der Waals surface area (Å²) in [6.07, 6.45) is 0. The minimum absolute atomic E-state index is 0.155. The van der Waals surface area contributed by atoms with E-state index in [9.17, 15) is 8.78 Å². The number of benzene rings is 1. The number of nitrogens with one attached hydrogen (secondary N) is 1. The third kappa shape index (κ3) is 3.49. The van der Waals surface area contributed by atoms with Crippen LogP contribution in [0.3, 0.4) is 0 Å². The van der Waals surface area contributed by atoms with Crippen LogP contribution in [0.25, 0.3) is 0 Å². The monoisotopic (exact) mass is 381 g/mol. The summed E-state index contributed by atoms with van der Waals surface area (Å²) in [7, 11) is 1.76. The lowest BCUT2D eigenvalue weighted by Gasteiger charge is -2.18. The predicted octanol–water partition coefficient (Wildman–Crippen LogP) is 5.07. The van der Waals surface area contributed by atoms with Gasteiger partial charge in [0.15, 0.2) is 0 Å². The van der Waals surface area contributed by atoms with Crippen molar-refractivity contribution in [2.24, 2.45) is 0 Å². The molecular weight excluding hydrogens is 372 g/mol. The van der Waals surface area contributed by atoms with Crippen LogP contribution in [0, 0.1) is 0 Å². The molecule has 108 valence electrons. The Hall–Kier alpha value is -0.690. The Morgan fingerprint density at radius 2 is 2.05 bits per heavy atom. The molecule has 0 aliphatic heterocycles. The van der Waals surface area contributed by atoms with Gasteiger partial charge in [0.1, 0.15) is 5.75 Å². The number of thiophene rings is 1. The molecule has 0 aliphatic rings. The van der Waals surface area contributed by atoms with Crippen LogP contribution in [-0.4, -0.2) is 13.7 Å². The molecular formula is C13H11BrClF2NOS. The van der Waals surface area contributed by atoms with E-state index in [4.69, 9.17) is 11.6 Å². The fourth-order valence-electron chi connectivity index (χ4n) is 1.88. The summed E-state index contributed by atoms with van der Waals surface area (Å²) in [4.78, 5) is 0.912. The van der Waals surface area contributed by atoms with E-state index in [1.807, 2.05) is 0 Å². The van der Waals surface area contributed by atoms with Crippen LogP contribution in [0.2, 0.25) is 5.02 Å². The molecule has 0 fully saturated rings. The minimum atomic E-state index is -2.85. The number of alkyl halides is 2. The first-order valence-electron chi connectivity index (χ1n) is 5.68. The quantitative estimate of drug-likeness (QED) is 0.779. The second-order valence-corrected chi connectivity index (χ2v) is 6.72. The van der Waals surface area contributed by atoms with Gasteiger partial charge in [-0.1, -0.05) is 29.8 Å². The highest BCUT2D eigenvalue weighted by molar-refractivity contribution is 9.11. The van der Waals surface area contributed by atoms with Gasteiger partial charge in [0, 0.05) is 10.4 Å². The van der Waals surface area contributed by atoms with Crippen molar-refractivity contribution in [1.29, 1.82) is 0 Å². The lowest BCUT2D eigenvalue weighted by Crippen LogP contribution is -2.18. The van der Waals surface area contributed by atoms with E-state index < -0.39 is 6.61 Å². The van der Waals surface area contributed by atoms with Crippen LogP contribution in [0.5, 0.6) is 5.75 Å². The summed E-state index contributed by atoms with van der Waals surface area (Å²) in [6.45, 7) is -2.85. The van der Waals surface area contributed by atoms with E-state index in [-0.39, 0.29) is 11.8 Å². The fourth-order valence-corrected chi connectivity index (χ4v) is 3.75. The molecule has 2 aromatic rings. The number of rotatable bonds is 5. The maximum absolute atomic E-state index is 12.5. The molecule has 1 atom stereocenters. The Labute approximate surface area is 132 Å². The van der Waals surface area contributed by atoms with Gasteiger partial charge in [-0.25, -0.2) is 0 Å². The Morgan fingerprint density at radius 3 is 2.60 bits per heavy atom. The van der Waals surface area contributed by atoms with Gasteiger partial charge < -0.3 is 10.1 Å². The molecule has 2 nitrogen and oxygen atoms in total. The maximum atomic E-state index is 12.5. The fraction of sp³-hybridized carbons (Fsp3) is 0.231. The SMILES string of the molecule is CNC(c1cc(Cl)c(Br)s1)c1ccccc1OC(F)F. The van der Waals surface area contributed by atoms with Crippen molar-refractivity contribution in [3.8, 4) is 5.75 Å². The van der Waals surface area contributed by atoms with Crippen LogP contribution in [-0.2, 0) is 0 Å². The van der Waals surface area contributed by atoms with Crippen molar-refractivity contribution < 1.29 is 13.5 Å². The average molecular weight is 383 g/mol. The lowest BCUT2D eigenvalue weighted by molar-refractivity contribution is -0.0506. The second kappa shape index (κ2) is 6.85. The van der Waals surface area contributed by atoms with Crippen molar-refractivity contribution in [3.63, 3.8) is 0 Å². The number of hydrogen-bond donors (Lipinski definition) is 1. The van der Waals surface area contributed by atoms with E-state index >= 15 is 0 Å². The molecule has 0 bridgehead atoms. The summed E-state index contributed by atoms with van der Waals surface area (Å²) >= 11 is 10.8. The highest BCUT2D eigenvalue weighted by Crippen LogP contribution is 2.39. The van der Waals surface area contributed by atoms with Crippen LogP contribution in [0.1, 0.15) is 16.5 Å². The molecule has 1 unspecified atom stereocenters.